The molecule has 1 aromatic rings. The first-order valence-corrected chi connectivity index (χ1v) is 5.26. The minimum atomic E-state index is -0.210. The van der Waals surface area contributed by atoms with Crippen LogP contribution >= 0.6 is 0 Å². The molecule has 16 heavy (non-hydrogen) atoms. The highest BCUT2D eigenvalue weighted by Crippen LogP contribution is 2.26. The summed E-state index contributed by atoms with van der Waals surface area (Å²) in [7, 11) is 0. The molecule has 1 aliphatic rings. The summed E-state index contributed by atoms with van der Waals surface area (Å²) in [5, 5.41) is 0. The largest absolute Gasteiger partial charge is 0.258 e. The van der Waals surface area contributed by atoms with Gasteiger partial charge in [-0.1, -0.05) is 12.6 Å². The van der Waals surface area contributed by atoms with Crippen molar-refractivity contribution in [3.63, 3.8) is 0 Å². The van der Waals surface area contributed by atoms with Crippen LogP contribution in [-0.2, 0) is 0 Å². The van der Waals surface area contributed by atoms with E-state index < -0.39 is 0 Å². The zero-order valence-corrected chi connectivity index (χ0v) is 9.55. The number of hydrogen-bond acceptors (Lipinski definition) is 1. The maximum absolute atomic E-state index is 13.1. The van der Waals surface area contributed by atoms with Crippen LogP contribution in [0.5, 0.6) is 0 Å². The minimum Gasteiger partial charge on any atom is -0.258 e. The standard InChI is InChI=1S/C14H14FN/c1-9-4-5-14(15)8-12(9)7-13-6-10(2)16-11(13)3/h4-5,7-8H,3,6H2,1-2H3/b13-7+. The van der Waals surface area contributed by atoms with Crippen molar-refractivity contribution < 1.29 is 4.39 Å². The zero-order valence-electron chi connectivity index (χ0n) is 9.55. The summed E-state index contributed by atoms with van der Waals surface area (Å²) in [5.41, 5.74) is 4.89. The van der Waals surface area contributed by atoms with Crippen LogP contribution in [0.2, 0.25) is 0 Å². The Morgan fingerprint density at radius 1 is 1.38 bits per heavy atom. The molecule has 0 bridgehead atoms. The van der Waals surface area contributed by atoms with Crippen molar-refractivity contribution in [3.05, 3.63) is 53.0 Å². The van der Waals surface area contributed by atoms with E-state index in [1.165, 1.54) is 6.07 Å². The van der Waals surface area contributed by atoms with Gasteiger partial charge in [0, 0.05) is 12.1 Å². The second-order valence-corrected chi connectivity index (χ2v) is 4.14. The molecule has 1 aromatic carbocycles. The van der Waals surface area contributed by atoms with E-state index in [1.54, 1.807) is 12.1 Å². The van der Waals surface area contributed by atoms with E-state index in [4.69, 9.17) is 0 Å². The van der Waals surface area contributed by atoms with Crippen molar-refractivity contribution in [2.24, 2.45) is 4.99 Å². The second kappa shape index (κ2) is 4.05. The predicted octanol–water partition coefficient (Wildman–Crippen LogP) is 3.90. The molecule has 0 fully saturated rings. The van der Waals surface area contributed by atoms with Gasteiger partial charge in [0.15, 0.2) is 0 Å². The lowest BCUT2D eigenvalue weighted by atomic mass is 10.0. The predicted molar refractivity (Wildman–Crippen MR) is 66.0 cm³/mol. The fourth-order valence-corrected chi connectivity index (χ4v) is 1.81. The Morgan fingerprint density at radius 2 is 2.12 bits per heavy atom. The molecular weight excluding hydrogens is 201 g/mol. The van der Waals surface area contributed by atoms with Gasteiger partial charge in [-0.25, -0.2) is 4.39 Å². The lowest BCUT2D eigenvalue weighted by Gasteiger charge is -2.03. The summed E-state index contributed by atoms with van der Waals surface area (Å²) < 4.78 is 13.1. The van der Waals surface area contributed by atoms with Gasteiger partial charge in [0.2, 0.25) is 0 Å². The smallest absolute Gasteiger partial charge is 0.123 e. The summed E-state index contributed by atoms with van der Waals surface area (Å²) in [6.07, 6.45) is 2.79. The molecule has 0 aliphatic carbocycles. The van der Waals surface area contributed by atoms with Gasteiger partial charge in [-0.15, -0.1) is 0 Å². The number of allylic oxidation sites excluding steroid dienone is 1. The van der Waals surface area contributed by atoms with Gasteiger partial charge >= 0.3 is 0 Å². The normalized spacial score (nSPS) is 18.1. The van der Waals surface area contributed by atoms with Crippen LogP contribution in [0.3, 0.4) is 0 Å². The van der Waals surface area contributed by atoms with Crippen LogP contribution in [0.15, 0.2) is 41.0 Å². The van der Waals surface area contributed by atoms with Gasteiger partial charge in [-0.05, 0) is 48.8 Å². The van der Waals surface area contributed by atoms with Gasteiger partial charge in [0.1, 0.15) is 5.82 Å². The number of halogens is 1. The number of aryl methyl sites for hydroxylation is 1. The first-order chi connectivity index (χ1) is 7.56. The number of hydrogen-bond donors (Lipinski definition) is 0. The molecule has 0 spiro atoms. The molecule has 1 nitrogen and oxygen atoms in total. The van der Waals surface area contributed by atoms with Crippen LogP contribution in [-0.4, -0.2) is 5.71 Å². The Morgan fingerprint density at radius 3 is 2.75 bits per heavy atom. The Labute approximate surface area is 95.0 Å². The van der Waals surface area contributed by atoms with Crippen LogP contribution in [0, 0.1) is 12.7 Å². The fraction of sp³-hybridized carbons (Fsp3) is 0.214. The third-order valence-electron chi connectivity index (χ3n) is 2.71. The van der Waals surface area contributed by atoms with E-state index in [-0.39, 0.29) is 5.82 Å². The lowest BCUT2D eigenvalue weighted by Crippen LogP contribution is -1.87. The van der Waals surface area contributed by atoms with Gasteiger partial charge in [-0.2, -0.15) is 0 Å². The highest BCUT2D eigenvalue weighted by atomic mass is 19.1. The fourth-order valence-electron chi connectivity index (χ4n) is 1.81. The van der Waals surface area contributed by atoms with Crippen LogP contribution in [0.1, 0.15) is 24.5 Å². The van der Waals surface area contributed by atoms with Crippen molar-refractivity contribution in [3.8, 4) is 0 Å². The Balaban J connectivity index is 2.37. The van der Waals surface area contributed by atoms with E-state index in [9.17, 15) is 4.39 Å². The Bertz CT molecular complexity index is 509. The Kier molecular flexibility index (Phi) is 2.73. The van der Waals surface area contributed by atoms with Gasteiger partial charge in [-0.3, -0.25) is 4.99 Å². The average Bonchev–Trinajstić information content (AvgIpc) is 2.51. The highest BCUT2D eigenvalue weighted by molar-refractivity contribution is 5.91. The van der Waals surface area contributed by atoms with Crippen molar-refractivity contribution in [1.29, 1.82) is 0 Å². The molecule has 0 radical (unpaired) electrons. The third kappa shape index (κ3) is 2.11. The Hall–Kier alpha value is -1.70. The number of nitrogens with zero attached hydrogens (tertiary/aromatic N) is 1. The molecule has 1 heterocycles. The summed E-state index contributed by atoms with van der Waals surface area (Å²) in [6.45, 7) is 7.83. The number of aliphatic imine (C=N–C) groups is 1. The van der Waals surface area contributed by atoms with Crippen molar-refractivity contribution in [1.82, 2.24) is 0 Å². The van der Waals surface area contributed by atoms with E-state index in [1.807, 2.05) is 19.9 Å². The topological polar surface area (TPSA) is 12.4 Å². The van der Waals surface area contributed by atoms with E-state index in [0.717, 1.165) is 34.5 Å². The van der Waals surface area contributed by atoms with E-state index in [2.05, 4.69) is 11.6 Å². The van der Waals surface area contributed by atoms with Crippen LogP contribution < -0.4 is 0 Å². The first-order valence-electron chi connectivity index (χ1n) is 5.26. The SMILES string of the molecule is C=C1N=C(C)C/C1=C\c1cc(F)ccc1C. The molecule has 0 atom stereocenters. The van der Waals surface area contributed by atoms with Gasteiger partial charge in [0.05, 0.1) is 5.70 Å². The van der Waals surface area contributed by atoms with E-state index >= 15 is 0 Å². The average molecular weight is 215 g/mol. The molecule has 0 unspecified atom stereocenters. The maximum atomic E-state index is 13.1. The lowest BCUT2D eigenvalue weighted by molar-refractivity contribution is 0.627. The summed E-state index contributed by atoms with van der Waals surface area (Å²) in [4.78, 5) is 4.28. The molecular formula is C14H14FN. The monoisotopic (exact) mass is 215 g/mol. The molecule has 2 heteroatoms. The van der Waals surface area contributed by atoms with Crippen molar-refractivity contribution in [2.75, 3.05) is 0 Å². The summed E-state index contributed by atoms with van der Waals surface area (Å²) in [6, 6.07) is 4.80. The molecule has 0 amide bonds. The van der Waals surface area contributed by atoms with Crippen molar-refractivity contribution in [2.45, 2.75) is 20.3 Å². The second-order valence-electron chi connectivity index (χ2n) is 4.14. The van der Waals surface area contributed by atoms with E-state index in [0.29, 0.717) is 0 Å². The summed E-state index contributed by atoms with van der Waals surface area (Å²) >= 11 is 0. The van der Waals surface area contributed by atoms with Gasteiger partial charge < -0.3 is 0 Å². The van der Waals surface area contributed by atoms with Crippen LogP contribution in [0.4, 0.5) is 4.39 Å². The maximum Gasteiger partial charge on any atom is 0.123 e. The molecule has 0 aromatic heterocycles. The molecule has 1 aliphatic heterocycles. The quantitative estimate of drug-likeness (QED) is 0.673. The zero-order chi connectivity index (χ0) is 11.7. The van der Waals surface area contributed by atoms with Crippen LogP contribution in [0.25, 0.3) is 6.08 Å². The molecule has 0 saturated heterocycles. The minimum absolute atomic E-state index is 0.210. The summed E-state index contributed by atoms with van der Waals surface area (Å²) in [5.74, 6) is -0.210. The highest BCUT2D eigenvalue weighted by Gasteiger charge is 2.12. The first kappa shape index (κ1) is 10.8. The molecule has 82 valence electrons. The number of rotatable bonds is 1. The van der Waals surface area contributed by atoms with Crippen molar-refractivity contribution >= 4 is 11.8 Å². The molecule has 0 N–H and O–H groups in total. The molecule has 2 rings (SSSR count). The number of benzene rings is 1. The van der Waals surface area contributed by atoms with Gasteiger partial charge in [0.25, 0.3) is 0 Å². The third-order valence-corrected chi connectivity index (χ3v) is 2.71. The molecule has 0 saturated carbocycles.